The van der Waals surface area contributed by atoms with E-state index in [2.05, 4.69) is 0 Å². The summed E-state index contributed by atoms with van der Waals surface area (Å²) < 4.78 is 50.1. The van der Waals surface area contributed by atoms with E-state index < -0.39 is 56.6 Å². The van der Waals surface area contributed by atoms with E-state index in [1.165, 1.54) is 34.3 Å². The van der Waals surface area contributed by atoms with Crippen LogP contribution in [0.1, 0.15) is 76.5 Å². The third-order valence-corrected chi connectivity index (χ3v) is 11.2. The highest BCUT2D eigenvalue weighted by atomic mass is 32.2. The molecule has 2 aliphatic rings. The smallest absolute Gasteiger partial charge is 0.309 e. The lowest BCUT2D eigenvalue weighted by atomic mass is 9.91. The normalized spacial score (nSPS) is 24.0. The molecule has 1 N–H and O–H groups in total. The monoisotopic (exact) mass is 605 g/mol. The minimum atomic E-state index is -4.18. The number of sulfonamides is 1. The van der Waals surface area contributed by atoms with E-state index in [0.29, 0.717) is 12.0 Å². The first-order chi connectivity index (χ1) is 19.3. The molecule has 2 fully saturated rings. The third kappa shape index (κ3) is 7.51. The molecule has 0 amide bonds. The second kappa shape index (κ2) is 12.8. The number of carbonyl (C=O) groups excluding carboxylic acids is 1. The average Bonchev–Trinajstić information content (AvgIpc) is 3.50. The molecule has 1 heterocycles. The second-order valence-corrected chi connectivity index (χ2v) is 15.3. The highest BCUT2D eigenvalue weighted by Gasteiger charge is 2.57. The third-order valence-electron chi connectivity index (χ3n) is 7.83. The highest BCUT2D eigenvalue weighted by Crippen LogP contribution is 2.52. The molecule has 1 saturated heterocycles. The number of aliphatic carboxylic acids is 1. The van der Waals surface area contributed by atoms with Crippen molar-refractivity contribution < 1.29 is 32.2 Å². The number of hydrogen-bond acceptors (Lipinski definition) is 6. The molecule has 0 unspecified atom stereocenters. The Kier molecular flexibility index (Phi) is 9.86. The van der Waals surface area contributed by atoms with E-state index in [1.807, 2.05) is 6.92 Å². The SMILES string of the molecule is Cc1ccc(S(=O)(=O)N2[C@H](CC3CCCC3)[C@@H](SCCC(=O)OC(C)(C)C)[C@@H](C(=O)O)[C@@H]2c2cccc(F)c2)cc1. The number of aryl methyl sites for hydroxylation is 1. The largest absolute Gasteiger partial charge is 0.481 e. The maximum absolute atomic E-state index is 14.5. The van der Waals surface area contributed by atoms with Crippen LogP contribution in [0.3, 0.4) is 0 Å². The van der Waals surface area contributed by atoms with Gasteiger partial charge in [-0.3, -0.25) is 9.59 Å². The number of esters is 1. The van der Waals surface area contributed by atoms with Crippen LogP contribution in [0.5, 0.6) is 0 Å². The topological polar surface area (TPSA) is 101 Å². The van der Waals surface area contributed by atoms with Gasteiger partial charge in [-0.25, -0.2) is 12.8 Å². The van der Waals surface area contributed by atoms with Crippen LogP contribution in [-0.4, -0.2) is 52.4 Å². The van der Waals surface area contributed by atoms with Crippen molar-refractivity contribution in [2.75, 3.05) is 5.75 Å². The Morgan fingerprint density at radius 2 is 1.76 bits per heavy atom. The van der Waals surface area contributed by atoms with Gasteiger partial charge in [0.1, 0.15) is 11.4 Å². The zero-order chi connectivity index (χ0) is 29.9. The molecule has 2 aromatic rings. The van der Waals surface area contributed by atoms with E-state index in [-0.39, 0.29) is 23.0 Å². The molecule has 0 bridgehead atoms. The maximum atomic E-state index is 14.5. The molecule has 7 nitrogen and oxygen atoms in total. The van der Waals surface area contributed by atoms with E-state index in [4.69, 9.17) is 4.74 Å². The van der Waals surface area contributed by atoms with Crippen LogP contribution in [0, 0.1) is 24.6 Å². The van der Waals surface area contributed by atoms with Crippen LogP contribution < -0.4 is 0 Å². The van der Waals surface area contributed by atoms with Gasteiger partial charge >= 0.3 is 11.9 Å². The lowest BCUT2D eigenvalue weighted by molar-refractivity contribution is -0.154. The standard InChI is InChI=1S/C31H40FNO6S2/c1-20-12-14-24(15-13-20)41(37,38)33-25(18-21-8-5-6-9-21)29(40-17-16-26(34)39-31(2,3)4)27(30(35)36)28(33)22-10-7-11-23(32)19-22/h7,10-15,19,21,25,27-29H,5-6,8-9,16-18H2,1-4H3,(H,35,36)/t25-,27+,28+,29-/m1/s1. The van der Waals surface area contributed by atoms with Crippen LogP contribution in [0.15, 0.2) is 53.4 Å². The second-order valence-electron chi connectivity index (χ2n) is 12.1. The molecule has 41 heavy (non-hydrogen) atoms. The van der Waals surface area contributed by atoms with E-state index in [9.17, 15) is 27.5 Å². The minimum Gasteiger partial charge on any atom is -0.481 e. The number of hydrogen-bond donors (Lipinski definition) is 1. The number of carboxylic acids is 1. The fourth-order valence-corrected chi connectivity index (χ4v) is 9.54. The fourth-order valence-electron chi connectivity index (χ4n) is 6.12. The summed E-state index contributed by atoms with van der Waals surface area (Å²) in [6, 6.07) is 10.3. The zero-order valence-corrected chi connectivity index (χ0v) is 25.7. The number of rotatable bonds is 10. The first kappa shape index (κ1) is 31.5. The number of nitrogens with zero attached hydrogens (tertiary/aromatic N) is 1. The van der Waals surface area contributed by atoms with E-state index in [0.717, 1.165) is 31.2 Å². The molecule has 1 aliphatic carbocycles. The molecule has 0 spiro atoms. The van der Waals surface area contributed by atoms with Gasteiger partial charge < -0.3 is 9.84 Å². The van der Waals surface area contributed by atoms with Crippen molar-refractivity contribution in [3.63, 3.8) is 0 Å². The van der Waals surface area contributed by atoms with Crippen molar-refractivity contribution in [3.05, 3.63) is 65.5 Å². The van der Waals surface area contributed by atoms with E-state index >= 15 is 0 Å². The summed E-state index contributed by atoms with van der Waals surface area (Å²) in [6.45, 7) is 7.21. The fraction of sp³-hybridized carbons (Fsp3) is 0.548. The molecule has 1 aliphatic heterocycles. The lowest BCUT2D eigenvalue weighted by Gasteiger charge is -2.32. The Hall–Kier alpha value is -2.43. The highest BCUT2D eigenvalue weighted by molar-refractivity contribution is 8.00. The molecule has 4 atom stereocenters. The van der Waals surface area contributed by atoms with Crippen molar-refractivity contribution in [2.24, 2.45) is 11.8 Å². The Bertz CT molecular complexity index is 1340. The summed E-state index contributed by atoms with van der Waals surface area (Å²) in [5, 5.41) is 9.95. The lowest BCUT2D eigenvalue weighted by Crippen LogP contribution is -2.41. The van der Waals surface area contributed by atoms with Gasteiger partial charge in [-0.05, 0) is 69.9 Å². The molecule has 4 rings (SSSR count). The number of carboxylic acid groups (broad SMARTS) is 1. The summed E-state index contributed by atoms with van der Waals surface area (Å²) in [4.78, 5) is 25.5. The molecule has 0 radical (unpaired) electrons. The summed E-state index contributed by atoms with van der Waals surface area (Å²) in [7, 11) is -4.18. The Morgan fingerprint density at radius 1 is 1.10 bits per heavy atom. The van der Waals surface area contributed by atoms with Crippen molar-refractivity contribution in [1.82, 2.24) is 4.31 Å². The number of ether oxygens (including phenoxy) is 1. The van der Waals surface area contributed by atoms with Crippen molar-refractivity contribution in [1.29, 1.82) is 0 Å². The van der Waals surface area contributed by atoms with Gasteiger partial charge in [0.2, 0.25) is 10.0 Å². The van der Waals surface area contributed by atoms with Gasteiger partial charge in [0.15, 0.2) is 0 Å². The average molecular weight is 606 g/mol. The Balaban J connectivity index is 1.80. The predicted octanol–water partition coefficient (Wildman–Crippen LogP) is 6.36. The van der Waals surface area contributed by atoms with Crippen molar-refractivity contribution in [2.45, 2.75) is 94.1 Å². The number of carbonyl (C=O) groups is 2. The van der Waals surface area contributed by atoms with Crippen LogP contribution >= 0.6 is 11.8 Å². The molecule has 10 heteroatoms. The molecular formula is C31H40FNO6S2. The van der Waals surface area contributed by atoms with Gasteiger partial charge in [0.05, 0.1) is 23.3 Å². The Morgan fingerprint density at radius 3 is 2.34 bits per heavy atom. The van der Waals surface area contributed by atoms with Gasteiger partial charge in [0, 0.05) is 17.0 Å². The zero-order valence-electron chi connectivity index (χ0n) is 24.1. The minimum absolute atomic E-state index is 0.0657. The maximum Gasteiger partial charge on any atom is 0.309 e. The van der Waals surface area contributed by atoms with Crippen molar-refractivity contribution in [3.8, 4) is 0 Å². The van der Waals surface area contributed by atoms with Crippen LogP contribution in [0.2, 0.25) is 0 Å². The number of halogens is 1. The Labute approximate surface area is 246 Å². The van der Waals surface area contributed by atoms with Crippen LogP contribution in [0.25, 0.3) is 0 Å². The molecular weight excluding hydrogens is 565 g/mol. The summed E-state index contributed by atoms with van der Waals surface area (Å²) in [5.41, 5.74) is 0.554. The quantitative estimate of drug-likeness (QED) is 0.315. The predicted molar refractivity (Wildman–Crippen MR) is 158 cm³/mol. The van der Waals surface area contributed by atoms with Crippen molar-refractivity contribution >= 4 is 33.7 Å². The summed E-state index contributed by atoms with van der Waals surface area (Å²) in [6.07, 6.45) is 4.57. The van der Waals surface area contributed by atoms with Gasteiger partial charge in [-0.1, -0.05) is 55.5 Å². The number of thioether (sulfide) groups is 1. The number of benzene rings is 2. The van der Waals surface area contributed by atoms with Gasteiger partial charge in [0.25, 0.3) is 0 Å². The molecule has 224 valence electrons. The van der Waals surface area contributed by atoms with E-state index in [1.54, 1.807) is 51.1 Å². The molecule has 0 aromatic heterocycles. The van der Waals surface area contributed by atoms with Gasteiger partial charge in [-0.15, -0.1) is 0 Å². The molecule has 1 saturated carbocycles. The first-order valence-electron chi connectivity index (χ1n) is 14.2. The summed E-state index contributed by atoms with van der Waals surface area (Å²) in [5.74, 6) is -2.72. The van der Waals surface area contributed by atoms with Gasteiger partial charge in [-0.2, -0.15) is 16.1 Å². The molecule has 2 aromatic carbocycles. The first-order valence-corrected chi connectivity index (χ1v) is 16.7. The van der Waals surface area contributed by atoms with Crippen LogP contribution in [-0.2, 0) is 24.3 Å². The van der Waals surface area contributed by atoms with Crippen LogP contribution in [0.4, 0.5) is 4.39 Å². The summed E-state index contributed by atoms with van der Waals surface area (Å²) >= 11 is 1.30.